The molecule has 0 spiro atoms. The first kappa shape index (κ1) is 12.9. The Bertz CT molecular complexity index is 245. The summed E-state index contributed by atoms with van der Waals surface area (Å²) >= 11 is 0. The number of aliphatic hydroxyl groups excluding tert-OH is 1. The number of hydrogen-bond donors (Lipinski definition) is 1. The van der Waals surface area contributed by atoms with Crippen LogP contribution in [0.25, 0.3) is 0 Å². The van der Waals surface area contributed by atoms with Crippen molar-refractivity contribution in [3.8, 4) is 0 Å². The van der Waals surface area contributed by atoms with Crippen molar-refractivity contribution in [2.75, 3.05) is 13.2 Å². The molecule has 0 aliphatic heterocycles. The van der Waals surface area contributed by atoms with Crippen LogP contribution in [0, 0.1) is 5.92 Å². The van der Waals surface area contributed by atoms with E-state index in [1.54, 1.807) is 0 Å². The lowest BCUT2D eigenvalue weighted by Gasteiger charge is -2.38. The van der Waals surface area contributed by atoms with Crippen molar-refractivity contribution >= 4 is 5.91 Å². The molecule has 0 heterocycles. The van der Waals surface area contributed by atoms with Gasteiger partial charge in [0.15, 0.2) is 0 Å². The molecule has 1 N–H and O–H groups in total. The normalized spacial score (nSPS) is 21.5. The zero-order valence-electron chi connectivity index (χ0n) is 10.7. The van der Waals surface area contributed by atoms with Gasteiger partial charge in [-0.2, -0.15) is 0 Å². The molecule has 17 heavy (non-hydrogen) atoms. The summed E-state index contributed by atoms with van der Waals surface area (Å²) < 4.78 is 0. The molecule has 0 saturated heterocycles. The first-order chi connectivity index (χ1) is 8.31. The van der Waals surface area contributed by atoms with Crippen molar-refractivity contribution in [3.05, 3.63) is 0 Å². The maximum atomic E-state index is 12.3. The second kappa shape index (κ2) is 6.39. The summed E-state index contributed by atoms with van der Waals surface area (Å²) in [6.45, 7) is 0.951. The summed E-state index contributed by atoms with van der Waals surface area (Å²) in [6.07, 6.45) is 10.2. The lowest BCUT2D eigenvalue weighted by atomic mass is 9.90. The van der Waals surface area contributed by atoms with E-state index in [-0.39, 0.29) is 6.61 Å². The highest BCUT2D eigenvalue weighted by molar-refractivity contribution is 5.77. The molecule has 2 aliphatic carbocycles. The van der Waals surface area contributed by atoms with Crippen molar-refractivity contribution in [2.24, 2.45) is 5.92 Å². The average Bonchev–Trinajstić information content (AvgIpc) is 2.73. The van der Waals surface area contributed by atoms with Crippen LogP contribution in [-0.2, 0) is 4.79 Å². The van der Waals surface area contributed by atoms with Gasteiger partial charge in [-0.15, -0.1) is 0 Å². The fourth-order valence-electron chi connectivity index (χ4n) is 3.03. The molecule has 0 aromatic rings. The molecule has 2 fully saturated rings. The van der Waals surface area contributed by atoms with Gasteiger partial charge >= 0.3 is 0 Å². The fourth-order valence-corrected chi connectivity index (χ4v) is 3.03. The van der Waals surface area contributed by atoms with Crippen LogP contribution >= 0.6 is 0 Å². The van der Waals surface area contributed by atoms with E-state index >= 15 is 0 Å². The first-order valence-corrected chi connectivity index (χ1v) is 7.21. The Morgan fingerprint density at radius 2 is 1.82 bits per heavy atom. The van der Waals surface area contributed by atoms with Gasteiger partial charge < -0.3 is 10.0 Å². The first-order valence-electron chi connectivity index (χ1n) is 7.21. The van der Waals surface area contributed by atoms with Crippen molar-refractivity contribution in [1.29, 1.82) is 0 Å². The van der Waals surface area contributed by atoms with E-state index in [4.69, 9.17) is 5.11 Å². The molecule has 0 atom stereocenters. The van der Waals surface area contributed by atoms with Crippen molar-refractivity contribution in [2.45, 2.75) is 63.8 Å². The molecule has 0 aromatic heterocycles. The third kappa shape index (κ3) is 3.44. The lowest BCUT2D eigenvalue weighted by Crippen LogP contribution is -2.45. The third-order valence-corrected chi connectivity index (χ3v) is 4.33. The molecule has 0 bridgehead atoms. The number of carbonyl (C=O) groups excluding carboxylic acids is 1. The smallest absolute Gasteiger partial charge is 0.223 e. The minimum absolute atomic E-state index is 0.194. The Kier molecular flexibility index (Phi) is 4.84. The maximum Gasteiger partial charge on any atom is 0.223 e. The maximum absolute atomic E-state index is 12.3. The molecule has 2 saturated carbocycles. The zero-order valence-corrected chi connectivity index (χ0v) is 10.7. The van der Waals surface area contributed by atoms with Crippen LogP contribution in [0.3, 0.4) is 0 Å². The lowest BCUT2D eigenvalue weighted by molar-refractivity contribution is -0.136. The Balaban J connectivity index is 1.82. The topological polar surface area (TPSA) is 40.5 Å². The van der Waals surface area contributed by atoms with Gasteiger partial charge in [0.25, 0.3) is 0 Å². The van der Waals surface area contributed by atoms with E-state index in [9.17, 15) is 4.79 Å². The number of aliphatic hydroxyl groups is 1. The Morgan fingerprint density at radius 1 is 1.12 bits per heavy atom. The van der Waals surface area contributed by atoms with Crippen LogP contribution < -0.4 is 0 Å². The quantitative estimate of drug-likeness (QED) is 0.773. The summed E-state index contributed by atoms with van der Waals surface area (Å²) in [6, 6.07) is 0.482. The van der Waals surface area contributed by atoms with Crippen molar-refractivity contribution in [1.82, 2.24) is 4.90 Å². The van der Waals surface area contributed by atoms with E-state index in [0.29, 0.717) is 17.9 Å². The molecule has 2 aliphatic rings. The van der Waals surface area contributed by atoms with Gasteiger partial charge in [-0.25, -0.2) is 0 Å². The summed E-state index contributed by atoms with van der Waals surface area (Å²) in [5.41, 5.74) is 0. The summed E-state index contributed by atoms with van der Waals surface area (Å²) in [5.74, 6) is 0.981. The van der Waals surface area contributed by atoms with Crippen LogP contribution in [0.5, 0.6) is 0 Å². The predicted octanol–water partition coefficient (Wildman–Crippen LogP) is 2.33. The number of rotatable bonds is 6. The molecule has 1 amide bonds. The number of nitrogens with zero attached hydrogens (tertiary/aromatic N) is 1. The summed E-state index contributed by atoms with van der Waals surface area (Å²) in [5, 5.41) is 8.92. The molecule has 0 radical (unpaired) electrons. The monoisotopic (exact) mass is 239 g/mol. The molecule has 2 rings (SSSR count). The van der Waals surface area contributed by atoms with E-state index in [1.165, 1.54) is 44.9 Å². The third-order valence-electron chi connectivity index (χ3n) is 4.33. The second-order valence-electron chi connectivity index (χ2n) is 5.60. The van der Waals surface area contributed by atoms with E-state index in [2.05, 4.69) is 4.90 Å². The average molecular weight is 239 g/mol. The predicted molar refractivity (Wildman–Crippen MR) is 67.6 cm³/mol. The molecular formula is C14H25NO2. The minimum atomic E-state index is 0.194. The fraction of sp³-hybridized carbons (Fsp3) is 0.929. The SMILES string of the molecule is O=C(CC1CCCC1)N(CCCO)C1CCC1. The number of carbonyl (C=O) groups is 1. The van der Waals surface area contributed by atoms with Crippen LogP contribution in [0.2, 0.25) is 0 Å². The highest BCUT2D eigenvalue weighted by atomic mass is 16.3. The van der Waals surface area contributed by atoms with Crippen LogP contribution in [0.1, 0.15) is 57.8 Å². The standard InChI is InChI=1S/C14H25NO2/c16-10-4-9-15(13-7-3-8-13)14(17)11-12-5-1-2-6-12/h12-13,16H,1-11H2. The molecule has 3 heteroatoms. The van der Waals surface area contributed by atoms with Gasteiger partial charge in [-0.3, -0.25) is 4.79 Å². The Labute approximate surface area is 104 Å². The summed E-state index contributed by atoms with van der Waals surface area (Å²) in [7, 11) is 0. The van der Waals surface area contributed by atoms with Crippen molar-refractivity contribution < 1.29 is 9.90 Å². The Hall–Kier alpha value is -0.570. The van der Waals surface area contributed by atoms with E-state index in [0.717, 1.165) is 19.4 Å². The van der Waals surface area contributed by atoms with Crippen molar-refractivity contribution in [3.63, 3.8) is 0 Å². The Morgan fingerprint density at radius 3 is 2.35 bits per heavy atom. The minimum Gasteiger partial charge on any atom is -0.396 e. The number of amides is 1. The molecule has 0 unspecified atom stereocenters. The highest BCUT2D eigenvalue weighted by Gasteiger charge is 2.30. The van der Waals surface area contributed by atoms with Gasteiger partial charge in [-0.05, 0) is 44.4 Å². The van der Waals surface area contributed by atoms with Gasteiger partial charge in [0, 0.05) is 25.6 Å². The van der Waals surface area contributed by atoms with Crippen LogP contribution in [-0.4, -0.2) is 35.1 Å². The molecule has 0 aromatic carbocycles. The summed E-state index contributed by atoms with van der Waals surface area (Å²) in [4.78, 5) is 14.3. The van der Waals surface area contributed by atoms with Gasteiger partial charge in [0.1, 0.15) is 0 Å². The highest BCUT2D eigenvalue weighted by Crippen LogP contribution is 2.30. The molecular weight excluding hydrogens is 214 g/mol. The second-order valence-corrected chi connectivity index (χ2v) is 5.60. The van der Waals surface area contributed by atoms with Gasteiger partial charge in [0.2, 0.25) is 5.91 Å². The van der Waals surface area contributed by atoms with E-state index in [1.807, 2.05) is 0 Å². The molecule has 98 valence electrons. The molecule has 3 nitrogen and oxygen atoms in total. The van der Waals surface area contributed by atoms with Gasteiger partial charge in [0.05, 0.1) is 0 Å². The largest absolute Gasteiger partial charge is 0.396 e. The number of hydrogen-bond acceptors (Lipinski definition) is 2. The van der Waals surface area contributed by atoms with Crippen LogP contribution in [0.15, 0.2) is 0 Å². The van der Waals surface area contributed by atoms with Crippen LogP contribution in [0.4, 0.5) is 0 Å². The zero-order chi connectivity index (χ0) is 12.1. The van der Waals surface area contributed by atoms with Gasteiger partial charge in [-0.1, -0.05) is 12.8 Å². The van der Waals surface area contributed by atoms with E-state index < -0.39 is 0 Å².